The van der Waals surface area contributed by atoms with Crippen LogP contribution in [0.5, 0.6) is 0 Å². The average Bonchev–Trinajstić information content (AvgIpc) is 3.19. The fraction of sp³-hybridized carbons (Fsp3) is 0.684. The van der Waals surface area contributed by atoms with Crippen molar-refractivity contribution in [3.05, 3.63) is 16.7 Å². The summed E-state index contributed by atoms with van der Waals surface area (Å²) >= 11 is 0. The van der Waals surface area contributed by atoms with Crippen molar-refractivity contribution in [1.82, 2.24) is 9.88 Å². The van der Waals surface area contributed by atoms with E-state index in [1.807, 2.05) is 0 Å². The third-order valence-electron chi connectivity index (χ3n) is 5.24. The molecule has 1 aromatic rings. The molecule has 1 unspecified atom stereocenters. The van der Waals surface area contributed by atoms with Gasteiger partial charge in [-0.2, -0.15) is 5.26 Å². The van der Waals surface area contributed by atoms with Crippen LogP contribution in [0.25, 0.3) is 0 Å². The van der Waals surface area contributed by atoms with E-state index in [0.29, 0.717) is 31.0 Å². The second-order valence-corrected chi connectivity index (χ2v) is 7.17. The summed E-state index contributed by atoms with van der Waals surface area (Å²) in [5.74, 6) is 1.32. The standard InChI is InChI=1S/C19H29N5O3/c1-23-5-4-15-16(11-20)19(24(6-8-25)7-9-26)22-18(17(15)13-23)21-12-14-3-2-10-27-14/h14,25-26H,2-10,12-13H2,1H3,(H,21,22). The molecule has 148 valence electrons. The van der Waals surface area contributed by atoms with Gasteiger partial charge in [-0.3, -0.25) is 0 Å². The first-order valence-corrected chi connectivity index (χ1v) is 9.64. The second-order valence-electron chi connectivity index (χ2n) is 7.17. The van der Waals surface area contributed by atoms with Crippen LogP contribution >= 0.6 is 0 Å². The number of likely N-dealkylation sites (N-methyl/N-ethyl adjacent to an activating group) is 1. The molecule has 3 heterocycles. The Balaban J connectivity index is 1.98. The number of nitrogens with zero attached hydrogens (tertiary/aromatic N) is 4. The first-order valence-electron chi connectivity index (χ1n) is 9.64. The van der Waals surface area contributed by atoms with Crippen LogP contribution in [0.4, 0.5) is 11.6 Å². The van der Waals surface area contributed by atoms with Gasteiger partial charge in [-0.15, -0.1) is 0 Å². The number of anilines is 2. The Morgan fingerprint density at radius 3 is 2.74 bits per heavy atom. The number of nitriles is 1. The summed E-state index contributed by atoms with van der Waals surface area (Å²) in [5, 5.41) is 32.1. The number of hydrogen-bond acceptors (Lipinski definition) is 8. The number of aromatic nitrogens is 1. The fourth-order valence-corrected chi connectivity index (χ4v) is 3.83. The van der Waals surface area contributed by atoms with E-state index in [-0.39, 0.29) is 19.3 Å². The number of pyridine rings is 1. The van der Waals surface area contributed by atoms with Gasteiger partial charge in [0, 0.05) is 44.9 Å². The number of aliphatic hydroxyl groups is 2. The van der Waals surface area contributed by atoms with E-state index in [9.17, 15) is 15.5 Å². The number of fused-ring (bicyclic) bond motifs is 1. The minimum atomic E-state index is -0.0644. The molecule has 2 aliphatic rings. The Morgan fingerprint density at radius 1 is 1.33 bits per heavy atom. The Kier molecular flexibility index (Phi) is 6.85. The van der Waals surface area contributed by atoms with Crippen molar-refractivity contribution in [3.63, 3.8) is 0 Å². The minimum Gasteiger partial charge on any atom is -0.395 e. The highest BCUT2D eigenvalue weighted by Crippen LogP contribution is 2.33. The van der Waals surface area contributed by atoms with Crippen LogP contribution < -0.4 is 10.2 Å². The summed E-state index contributed by atoms with van der Waals surface area (Å²) in [4.78, 5) is 8.79. The SMILES string of the molecule is CN1CCc2c(C#N)c(N(CCO)CCO)nc(NCC3CCCO3)c2C1. The maximum Gasteiger partial charge on any atom is 0.149 e. The molecule has 1 fully saturated rings. The fourth-order valence-electron chi connectivity index (χ4n) is 3.83. The van der Waals surface area contributed by atoms with Crippen molar-refractivity contribution in [1.29, 1.82) is 5.26 Å². The zero-order valence-electron chi connectivity index (χ0n) is 15.9. The summed E-state index contributed by atoms with van der Waals surface area (Å²) < 4.78 is 5.71. The van der Waals surface area contributed by atoms with Crippen molar-refractivity contribution in [2.24, 2.45) is 0 Å². The number of nitrogens with one attached hydrogen (secondary N) is 1. The lowest BCUT2D eigenvalue weighted by atomic mass is 9.95. The van der Waals surface area contributed by atoms with Gasteiger partial charge in [0.15, 0.2) is 0 Å². The second kappa shape index (κ2) is 9.33. The molecule has 0 saturated carbocycles. The molecular weight excluding hydrogens is 346 g/mol. The summed E-state index contributed by atoms with van der Waals surface area (Å²) in [6.45, 7) is 3.64. The zero-order valence-corrected chi connectivity index (χ0v) is 15.9. The molecular formula is C19H29N5O3. The lowest BCUT2D eigenvalue weighted by molar-refractivity contribution is 0.120. The van der Waals surface area contributed by atoms with Gasteiger partial charge < -0.3 is 30.1 Å². The molecule has 0 bridgehead atoms. The molecule has 1 saturated heterocycles. The highest BCUT2D eigenvalue weighted by atomic mass is 16.5. The van der Waals surface area contributed by atoms with Gasteiger partial charge in [-0.25, -0.2) is 4.98 Å². The third kappa shape index (κ3) is 4.50. The van der Waals surface area contributed by atoms with Gasteiger partial charge in [0.25, 0.3) is 0 Å². The van der Waals surface area contributed by atoms with Crippen molar-refractivity contribution in [2.75, 3.05) is 63.3 Å². The largest absolute Gasteiger partial charge is 0.395 e. The van der Waals surface area contributed by atoms with E-state index in [2.05, 4.69) is 23.3 Å². The lowest BCUT2D eigenvalue weighted by Gasteiger charge is -2.31. The summed E-state index contributed by atoms with van der Waals surface area (Å²) in [6.07, 6.45) is 3.10. The first-order chi connectivity index (χ1) is 13.2. The molecule has 3 rings (SSSR count). The van der Waals surface area contributed by atoms with Crippen LogP contribution in [0, 0.1) is 11.3 Å². The molecule has 0 radical (unpaired) electrons. The monoisotopic (exact) mass is 375 g/mol. The van der Waals surface area contributed by atoms with Crippen molar-refractivity contribution in [2.45, 2.75) is 31.9 Å². The molecule has 0 spiro atoms. The Morgan fingerprint density at radius 2 is 2.11 bits per heavy atom. The van der Waals surface area contributed by atoms with Gasteiger partial charge in [-0.1, -0.05) is 0 Å². The predicted molar refractivity (Wildman–Crippen MR) is 103 cm³/mol. The van der Waals surface area contributed by atoms with Gasteiger partial charge in [0.05, 0.1) is 24.9 Å². The topological polar surface area (TPSA) is 105 Å². The zero-order chi connectivity index (χ0) is 19.2. The molecule has 0 amide bonds. The van der Waals surface area contributed by atoms with Crippen LogP contribution in [-0.2, 0) is 17.7 Å². The quantitative estimate of drug-likeness (QED) is 0.597. The van der Waals surface area contributed by atoms with Crippen LogP contribution in [-0.4, -0.2) is 79.2 Å². The van der Waals surface area contributed by atoms with Crippen LogP contribution in [0.1, 0.15) is 29.5 Å². The predicted octanol–water partition coefficient (Wildman–Crippen LogP) is 0.323. The first kappa shape index (κ1) is 19.8. The number of aliphatic hydroxyl groups excluding tert-OH is 2. The third-order valence-corrected chi connectivity index (χ3v) is 5.24. The Hall–Kier alpha value is -1.92. The van der Waals surface area contributed by atoms with Gasteiger partial charge >= 0.3 is 0 Å². The van der Waals surface area contributed by atoms with Crippen molar-refractivity contribution >= 4 is 11.6 Å². The Labute approximate surface area is 160 Å². The van der Waals surface area contributed by atoms with E-state index in [1.54, 1.807) is 4.90 Å². The molecule has 8 nitrogen and oxygen atoms in total. The van der Waals surface area contributed by atoms with Crippen LogP contribution in [0.15, 0.2) is 0 Å². The van der Waals surface area contributed by atoms with Gasteiger partial charge in [0.1, 0.15) is 17.7 Å². The van der Waals surface area contributed by atoms with Gasteiger partial charge in [-0.05, 0) is 31.9 Å². The molecule has 1 aromatic heterocycles. The molecule has 27 heavy (non-hydrogen) atoms. The molecule has 2 aliphatic heterocycles. The number of rotatable bonds is 8. The molecule has 0 aromatic carbocycles. The smallest absolute Gasteiger partial charge is 0.149 e. The molecule has 8 heteroatoms. The number of ether oxygens (including phenoxy) is 1. The normalized spacial score (nSPS) is 19.6. The van der Waals surface area contributed by atoms with E-state index in [0.717, 1.165) is 55.9 Å². The maximum atomic E-state index is 9.82. The highest BCUT2D eigenvalue weighted by molar-refractivity contribution is 5.67. The van der Waals surface area contributed by atoms with E-state index in [4.69, 9.17) is 9.72 Å². The number of hydrogen-bond donors (Lipinski definition) is 3. The highest BCUT2D eigenvalue weighted by Gasteiger charge is 2.27. The molecule has 1 atom stereocenters. The van der Waals surface area contributed by atoms with E-state index in [1.165, 1.54) is 0 Å². The average molecular weight is 375 g/mol. The summed E-state index contributed by atoms with van der Waals surface area (Å²) in [6, 6.07) is 2.32. The lowest BCUT2D eigenvalue weighted by Crippen LogP contribution is -2.34. The van der Waals surface area contributed by atoms with Crippen molar-refractivity contribution in [3.8, 4) is 6.07 Å². The molecule has 3 N–H and O–H groups in total. The van der Waals surface area contributed by atoms with Gasteiger partial charge in [0.2, 0.25) is 0 Å². The van der Waals surface area contributed by atoms with E-state index >= 15 is 0 Å². The van der Waals surface area contributed by atoms with Crippen LogP contribution in [0.2, 0.25) is 0 Å². The van der Waals surface area contributed by atoms with Crippen LogP contribution in [0.3, 0.4) is 0 Å². The minimum absolute atomic E-state index is 0.0644. The molecule has 0 aliphatic carbocycles. The Bertz CT molecular complexity index is 679. The summed E-state index contributed by atoms with van der Waals surface area (Å²) in [7, 11) is 2.07. The maximum absolute atomic E-state index is 9.82. The van der Waals surface area contributed by atoms with Crippen molar-refractivity contribution < 1.29 is 14.9 Å². The van der Waals surface area contributed by atoms with E-state index < -0.39 is 0 Å². The summed E-state index contributed by atoms with van der Waals surface area (Å²) in [5.41, 5.74) is 2.65.